The minimum atomic E-state index is -1.32. The van der Waals surface area contributed by atoms with E-state index in [0.717, 1.165) is 0 Å². The van der Waals surface area contributed by atoms with Crippen LogP contribution < -0.4 is 5.32 Å². The first kappa shape index (κ1) is 15.8. The van der Waals surface area contributed by atoms with Crippen molar-refractivity contribution in [3.8, 4) is 0 Å². The second-order valence-electron chi connectivity index (χ2n) is 4.41. The Morgan fingerprint density at radius 3 is 2.43 bits per heavy atom. The number of aliphatic carboxylic acids is 1. The molecule has 2 N–H and O–H groups in total. The van der Waals surface area contributed by atoms with Crippen molar-refractivity contribution in [1.29, 1.82) is 0 Å². The van der Waals surface area contributed by atoms with Gasteiger partial charge in [0.2, 0.25) is 0 Å². The number of rotatable bonds is 5. The summed E-state index contributed by atoms with van der Waals surface area (Å²) in [5, 5.41) is 22.0. The van der Waals surface area contributed by atoms with Crippen molar-refractivity contribution in [2.45, 2.75) is 0 Å². The summed E-state index contributed by atoms with van der Waals surface area (Å²) in [4.78, 5) is 37.1. The molecule has 0 saturated carbocycles. The van der Waals surface area contributed by atoms with Gasteiger partial charge in [-0.1, -0.05) is 6.07 Å². The van der Waals surface area contributed by atoms with Crippen LogP contribution in [-0.2, 0) is 4.79 Å². The van der Waals surface area contributed by atoms with E-state index in [9.17, 15) is 19.7 Å². The molecule has 2 rings (SSSR count). The predicted molar refractivity (Wildman–Crippen MR) is 80.4 cm³/mol. The van der Waals surface area contributed by atoms with Crippen LogP contribution in [0.2, 0.25) is 0 Å². The third-order valence-corrected chi connectivity index (χ3v) is 2.81. The smallest absolute Gasteiger partial charge is 0.352 e. The summed E-state index contributed by atoms with van der Waals surface area (Å²) in [6.07, 6.45) is 4.24. The molecule has 1 aromatic heterocycles. The van der Waals surface area contributed by atoms with Gasteiger partial charge in [-0.2, -0.15) is 0 Å². The highest BCUT2D eigenvalue weighted by Crippen LogP contribution is 2.12. The summed E-state index contributed by atoms with van der Waals surface area (Å²) < 4.78 is 0. The fourth-order valence-electron chi connectivity index (χ4n) is 1.71. The number of non-ortho nitro benzene ring substituents is 1. The highest BCUT2D eigenvalue weighted by Gasteiger charge is 2.14. The number of carboxylic acid groups (broad SMARTS) is 1. The van der Waals surface area contributed by atoms with Crippen molar-refractivity contribution in [3.05, 3.63) is 75.7 Å². The molecule has 0 aliphatic heterocycles. The van der Waals surface area contributed by atoms with Crippen molar-refractivity contribution in [1.82, 2.24) is 10.3 Å². The number of nitro groups is 1. The molecular weight excluding hydrogens is 302 g/mol. The molecule has 0 fully saturated rings. The van der Waals surface area contributed by atoms with E-state index in [1.54, 1.807) is 12.1 Å². The second kappa shape index (κ2) is 6.94. The Bertz CT molecular complexity index is 769. The van der Waals surface area contributed by atoms with Gasteiger partial charge in [0.05, 0.1) is 4.92 Å². The summed E-state index contributed by atoms with van der Waals surface area (Å²) in [5.74, 6) is -2.00. The second-order valence-corrected chi connectivity index (χ2v) is 4.41. The molecule has 116 valence electrons. The molecule has 1 heterocycles. The molecule has 0 radical (unpaired) electrons. The minimum absolute atomic E-state index is 0.105. The van der Waals surface area contributed by atoms with E-state index < -0.39 is 16.8 Å². The van der Waals surface area contributed by atoms with Gasteiger partial charge in [-0.05, 0) is 29.8 Å². The molecule has 1 aromatic carbocycles. The largest absolute Gasteiger partial charge is 0.477 e. The van der Waals surface area contributed by atoms with Crippen LogP contribution in [-0.4, -0.2) is 26.9 Å². The summed E-state index contributed by atoms with van der Waals surface area (Å²) >= 11 is 0. The first-order valence-electron chi connectivity index (χ1n) is 6.38. The van der Waals surface area contributed by atoms with Crippen LogP contribution in [0.25, 0.3) is 6.08 Å². The van der Waals surface area contributed by atoms with Crippen LogP contribution in [0, 0.1) is 10.1 Å². The lowest BCUT2D eigenvalue weighted by Gasteiger charge is -2.06. The zero-order valence-electron chi connectivity index (χ0n) is 11.7. The van der Waals surface area contributed by atoms with E-state index >= 15 is 0 Å². The van der Waals surface area contributed by atoms with Gasteiger partial charge in [0.1, 0.15) is 5.70 Å². The van der Waals surface area contributed by atoms with Crippen molar-refractivity contribution < 1.29 is 19.6 Å². The van der Waals surface area contributed by atoms with Crippen molar-refractivity contribution in [2.24, 2.45) is 0 Å². The molecule has 0 aliphatic carbocycles. The van der Waals surface area contributed by atoms with E-state index in [1.165, 1.54) is 42.7 Å². The predicted octanol–water partition coefficient (Wildman–Crippen LogP) is 1.85. The van der Waals surface area contributed by atoms with Crippen molar-refractivity contribution in [3.63, 3.8) is 0 Å². The number of hydrogen-bond acceptors (Lipinski definition) is 5. The number of aromatic nitrogens is 1. The molecule has 23 heavy (non-hydrogen) atoms. The fourth-order valence-corrected chi connectivity index (χ4v) is 1.71. The maximum atomic E-state index is 12.0. The third kappa shape index (κ3) is 4.21. The quantitative estimate of drug-likeness (QED) is 0.493. The van der Waals surface area contributed by atoms with Gasteiger partial charge in [-0.15, -0.1) is 0 Å². The van der Waals surface area contributed by atoms with Crippen molar-refractivity contribution >= 4 is 23.6 Å². The van der Waals surface area contributed by atoms with E-state index in [1.807, 2.05) is 0 Å². The maximum absolute atomic E-state index is 12.0. The number of carbonyl (C=O) groups excluding carboxylic acids is 1. The standard InChI is InChI=1S/C15H11N3O5/c19-14(11-3-5-12(6-4-11)18(22)23)17-13(15(20)21)8-10-2-1-7-16-9-10/h1-9H,(H,17,19)(H,20,21). The Hall–Kier alpha value is -3.55. The number of nitrogens with zero attached hydrogens (tertiary/aromatic N) is 2. The van der Waals surface area contributed by atoms with E-state index in [-0.39, 0.29) is 16.9 Å². The average Bonchev–Trinajstić information content (AvgIpc) is 2.55. The number of carboxylic acids is 1. The van der Waals surface area contributed by atoms with E-state index in [2.05, 4.69) is 10.3 Å². The van der Waals surface area contributed by atoms with E-state index in [4.69, 9.17) is 5.11 Å². The van der Waals surface area contributed by atoms with Gasteiger partial charge >= 0.3 is 5.97 Å². The summed E-state index contributed by atoms with van der Waals surface area (Å²) in [6, 6.07) is 8.09. The zero-order valence-corrected chi connectivity index (χ0v) is 11.7. The molecule has 8 heteroatoms. The van der Waals surface area contributed by atoms with Crippen molar-refractivity contribution in [2.75, 3.05) is 0 Å². The first-order valence-corrected chi connectivity index (χ1v) is 6.38. The Morgan fingerprint density at radius 1 is 1.22 bits per heavy atom. The number of hydrogen-bond donors (Lipinski definition) is 2. The van der Waals surface area contributed by atoms with Gasteiger partial charge in [0, 0.05) is 30.1 Å². The third-order valence-electron chi connectivity index (χ3n) is 2.81. The molecular formula is C15H11N3O5. The average molecular weight is 313 g/mol. The molecule has 0 bridgehead atoms. The van der Waals surface area contributed by atoms with Crippen LogP contribution in [0.5, 0.6) is 0 Å². The summed E-state index contributed by atoms with van der Waals surface area (Å²) in [5.41, 5.74) is 0.120. The van der Waals surface area contributed by atoms with Gasteiger partial charge in [0.25, 0.3) is 11.6 Å². The van der Waals surface area contributed by atoms with Crippen LogP contribution in [0.3, 0.4) is 0 Å². The first-order chi connectivity index (χ1) is 11.0. The molecule has 0 spiro atoms. The normalized spacial score (nSPS) is 10.9. The molecule has 0 saturated heterocycles. The molecule has 8 nitrogen and oxygen atoms in total. The van der Waals surface area contributed by atoms with Crippen LogP contribution in [0.4, 0.5) is 5.69 Å². The molecule has 2 aromatic rings. The van der Waals surface area contributed by atoms with Crippen LogP contribution in [0.15, 0.2) is 54.5 Å². The SMILES string of the molecule is O=C(O)C(=Cc1cccnc1)NC(=O)c1ccc([N+](=O)[O-])cc1. The number of amides is 1. The lowest BCUT2D eigenvalue weighted by molar-refractivity contribution is -0.384. The highest BCUT2D eigenvalue weighted by molar-refractivity contribution is 6.02. The Kier molecular flexibility index (Phi) is 4.78. The zero-order chi connectivity index (χ0) is 16.8. The molecule has 0 atom stereocenters. The van der Waals surface area contributed by atoms with Gasteiger partial charge < -0.3 is 10.4 Å². The number of nitrogens with one attached hydrogen (secondary N) is 1. The van der Waals surface area contributed by atoms with Gasteiger partial charge in [-0.25, -0.2) is 4.79 Å². The van der Waals surface area contributed by atoms with Crippen LogP contribution >= 0.6 is 0 Å². The Balaban J connectivity index is 2.20. The lowest BCUT2D eigenvalue weighted by atomic mass is 10.2. The van der Waals surface area contributed by atoms with E-state index in [0.29, 0.717) is 5.56 Å². The van der Waals surface area contributed by atoms with Crippen LogP contribution in [0.1, 0.15) is 15.9 Å². The molecule has 0 unspecified atom stereocenters. The fraction of sp³-hybridized carbons (Fsp3) is 0. The summed E-state index contributed by atoms with van der Waals surface area (Å²) in [7, 11) is 0. The summed E-state index contributed by atoms with van der Waals surface area (Å²) in [6.45, 7) is 0. The monoisotopic (exact) mass is 313 g/mol. The number of carbonyl (C=O) groups is 2. The number of pyridine rings is 1. The molecule has 1 amide bonds. The van der Waals surface area contributed by atoms with Gasteiger partial charge in [-0.3, -0.25) is 19.9 Å². The number of nitro benzene ring substituents is 1. The lowest BCUT2D eigenvalue weighted by Crippen LogP contribution is -2.27. The number of benzene rings is 1. The van der Waals surface area contributed by atoms with Gasteiger partial charge in [0.15, 0.2) is 0 Å². The Labute approximate surface area is 130 Å². The topological polar surface area (TPSA) is 122 Å². The maximum Gasteiger partial charge on any atom is 0.352 e. The molecule has 0 aliphatic rings. The Morgan fingerprint density at radius 2 is 1.91 bits per heavy atom. The highest BCUT2D eigenvalue weighted by atomic mass is 16.6. The minimum Gasteiger partial charge on any atom is -0.477 e.